The van der Waals surface area contributed by atoms with E-state index in [9.17, 15) is 4.79 Å². The summed E-state index contributed by atoms with van der Waals surface area (Å²) >= 11 is 1.64. The number of esters is 1. The molecule has 0 aliphatic rings. The van der Waals surface area contributed by atoms with Crippen LogP contribution in [0.25, 0.3) is 0 Å². The van der Waals surface area contributed by atoms with Gasteiger partial charge in [0.05, 0.1) is 4.88 Å². The van der Waals surface area contributed by atoms with Gasteiger partial charge in [-0.2, -0.15) is 4.57 Å². The molecule has 2 rings (SSSR count). The fourth-order valence-electron chi connectivity index (χ4n) is 1.59. The Morgan fingerprint density at radius 3 is 2.53 bits per heavy atom. The second kappa shape index (κ2) is 7.40. The van der Waals surface area contributed by atoms with Crippen molar-refractivity contribution in [3.63, 3.8) is 0 Å². The minimum atomic E-state index is -0.204. The third-order valence-electron chi connectivity index (χ3n) is 2.84. The van der Waals surface area contributed by atoms with Crippen LogP contribution in [0, 0.1) is 13.8 Å². The summed E-state index contributed by atoms with van der Waals surface area (Å²) in [5.74, 6) is -0.204. The number of nitrogens with zero attached hydrogens (tertiary/aromatic N) is 1. The predicted octanol–water partition coefficient (Wildman–Crippen LogP) is -0.600. The highest BCUT2D eigenvalue weighted by atomic mass is 79.9. The molecular weight excluding hydrogens is 326 g/mol. The maximum absolute atomic E-state index is 11.7. The quantitative estimate of drug-likeness (QED) is 0.549. The Morgan fingerprint density at radius 2 is 1.95 bits per heavy atom. The van der Waals surface area contributed by atoms with Gasteiger partial charge in [-0.3, -0.25) is 0 Å². The minimum Gasteiger partial charge on any atom is -1.00 e. The van der Waals surface area contributed by atoms with E-state index >= 15 is 0 Å². The number of rotatable bonds is 4. The molecule has 0 fully saturated rings. The van der Waals surface area contributed by atoms with E-state index in [2.05, 4.69) is 0 Å². The van der Waals surface area contributed by atoms with Crippen molar-refractivity contribution in [2.45, 2.75) is 27.0 Å². The van der Waals surface area contributed by atoms with Crippen molar-refractivity contribution in [1.29, 1.82) is 0 Å². The lowest BCUT2D eigenvalue weighted by molar-refractivity contribution is -0.687. The van der Waals surface area contributed by atoms with Gasteiger partial charge in [-0.25, -0.2) is 4.79 Å². The van der Waals surface area contributed by atoms with Crippen LogP contribution < -0.4 is 21.5 Å². The highest BCUT2D eigenvalue weighted by molar-refractivity contribution is 7.09. The van der Waals surface area contributed by atoms with E-state index in [1.807, 2.05) is 54.3 Å². The van der Waals surface area contributed by atoms with E-state index < -0.39 is 0 Å². The highest BCUT2D eigenvalue weighted by Gasteiger charge is 2.17. The zero-order valence-corrected chi connectivity index (χ0v) is 13.3. The highest BCUT2D eigenvalue weighted by Crippen LogP contribution is 2.08. The first-order valence-electron chi connectivity index (χ1n) is 5.80. The summed E-state index contributed by atoms with van der Waals surface area (Å²) < 4.78 is 7.17. The van der Waals surface area contributed by atoms with Gasteiger partial charge in [0.1, 0.15) is 6.61 Å². The third-order valence-corrected chi connectivity index (χ3v) is 3.85. The van der Waals surface area contributed by atoms with E-state index in [1.54, 1.807) is 11.3 Å². The lowest BCUT2D eigenvalue weighted by Crippen LogP contribution is -3.00. The first kappa shape index (κ1) is 15.9. The van der Waals surface area contributed by atoms with Crippen molar-refractivity contribution in [2.24, 2.45) is 0 Å². The van der Waals surface area contributed by atoms with Gasteiger partial charge in [-0.1, -0.05) is 41.7 Å². The van der Waals surface area contributed by atoms with Gasteiger partial charge in [-0.05, 0) is 12.5 Å². The number of carbonyl (C=O) groups is 1. The molecule has 5 heteroatoms. The normalized spacial score (nSPS) is 9.79. The van der Waals surface area contributed by atoms with Gasteiger partial charge in [-0.15, -0.1) is 0 Å². The Balaban J connectivity index is 0.00000180. The van der Waals surface area contributed by atoms with Gasteiger partial charge in [0.2, 0.25) is 12.1 Å². The molecule has 3 nitrogen and oxygen atoms in total. The van der Waals surface area contributed by atoms with Crippen LogP contribution in [0.3, 0.4) is 0 Å². The van der Waals surface area contributed by atoms with Gasteiger partial charge < -0.3 is 21.7 Å². The fraction of sp³-hybridized carbons (Fsp3) is 0.286. The molecule has 0 atom stereocenters. The molecule has 0 saturated heterocycles. The molecule has 0 unspecified atom stereocenters. The monoisotopic (exact) mass is 341 g/mol. The summed E-state index contributed by atoms with van der Waals surface area (Å²) in [4.78, 5) is 12.9. The number of halogens is 1. The molecule has 0 radical (unpaired) electrons. The molecule has 1 aromatic heterocycles. The molecule has 1 heterocycles. The standard InChI is InChI=1S/C14H16NO2S.BrH/c1-11-12(2)18-10-15(11)8-14(16)17-9-13-6-4-3-5-7-13;/h3-7,10H,8-9H2,1-2H3;1H/q+1;/p-1. The maximum atomic E-state index is 11.7. The van der Waals surface area contributed by atoms with Crippen LogP contribution in [0.2, 0.25) is 0 Å². The number of thiazole rings is 1. The van der Waals surface area contributed by atoms with Crippen molar-refractivity contribution >= 4 is 17.3 Å². The molecule has 0 aliphatic heterocycles. The zero-order chi connectivity index (χ0) is 13.0. The number of aryl methyl sites for hydroxylation is 1. The van der Waals surface area contributed by atoms with Crippen LogP contribution in [0.15, 0.2) is 35.8 Å². The number of hydrogen-bond acceptors (Lipinski definition) is 3. The lowest BCUT2D eigenvalue weighted by Gasteiger charge is -2.02. The van der Waals surface area contributed by atoms with Crippen LogP contribution in [0.5, 0.6) is 0 Å². The molecule has 0 saturated carbocycles. The molecule has 2 aromatic rings. The van der Waals surface area contributed by atoms with Crippen LogP contribution in [-0.4, -0.2) is 5.97 Å². The summed E-state index contributed by atoms with van der Waals surface area (Å²) in [6.07, 6.45) is 0. The maximum Gasteiger partial charge on any atom is 0.373 e. The molecule has 0 bridgehead atoms. The van der Waals surface area contributed by atoms with Crippen LogP contribution in [0.1, 0.15) is 16.1 Å². The van der Waals surface area contributed by atoms with Crippen molar-refractivity contribution in [2.75, 3.05) is 0 Å². The SMILES string of the molecule is Cc1sc[n+](CC(=O)OCc2ccccc2)c1C.[Br-]. The summed E-state index contributed by atoms with van der Waals surface area (Å²) in [5.41, 5.74) is 4.08. The second-order valence-electron chi connectivity index (χ2n) is 4.14. The number of aromatic nitrogens is 1. The van der Waals surface area contributed by atoms with Crippen molar-refractivity contribution in [3.05, 3.63) is 52.0 Å². The Morgan fingerprint density at radius 1 is 1.26 bits per heavy atom. The zero-order valence-electron chi connectivity index (χ0n) is 10.9. The molecule has 0 amide bonds. The molecule has 1 aromatic carbocycles. The molecule has 0 spiro atoms. The number of ether oxygens (including phenoxy) is 1. The Hall–Kier alpha value is -1.20. The van der Waals surface area contributed by atoms with E-state index in [0.29, 0.717) is 6.61 Å². The smallest absolute Gasteiger partial charge is 0.373 e. The number of hydrogen-bond donors (Lipinski definition) is 0. The van der Waals surface area contributed by atoms with Gasteiger partial charge in [0.25, 0.3) is 0 Å². The van der Waals surface area contributed by atoms with Crippen molar-refractivity contribution < 1.29 is 31.1 Å². The summed E-state index contributed by atoms with van der Waals surface area (Å²) in [6, 6.07) is 9.70. The summed E-state index contributed by atoms with van der Waals surface area (Å²) in [7, 11) is 0. The first-order chi connectivity index (χ1) is 8.66. The van der Waals surface area contributed by atoms with E-state index in [4.69, 9.17) is 4.74 Å². The van der Waals surface area contributed by atoms with Crippen LogP contribution in [-0.2, 0) is 22.7 Å². The Labute approximate surface area is 127 Å². The summed E-state index contributed by atoms with van der Waals surface area (Å²) in [5, 5.41) is 0. The van der Waals surface area contributed by atoms with Crippen molar-refractivity contribution in [3.8, 4) is 0 Å². The topological polar surface area (TPSA) is 30.2 Å². The van der Waals surface area contributed by atoms with Crippen LogP contribution in [0.4, 0.5) is 0 Å². The molecule has 0 N–H and O–H groups in total. The molecule has 19 heavy (non-hydrogen) atoms. The molecular formula is C14H16BrNO2S. The van der Waals surface area contributed by atoms with Crippen LogP contribution >= 0.6 is 11.3 Å². The van der Waals surface area contributed by atoms with E-state index in [0.717, 1.165) is 11.3 Å². The number of carbonyl (C=O) groups excluding carboxylic acids is 1. The Kier molecular flexibility index (Phi) is 6.18. The first-order valence-corrected chi connectivity index (χ1v) is 6.68. The van der Waals surface area contributed by atoms with Crippen molar-refractivity contribution in [1.82, 2.24) is 0 Å². The Bertz CT molecular complexity index is 540. The molecule has 102 valence electrons. The van der Waals surface area contributed by atoms with E-state index in [1.165, 1.54) is 4.88 Å². The lowest BCUT2D eigenvalue weighted by atomic mass is 10.2. The average Bonchev–Trinajstić information content (AvgIpc) is 2.70. The van der Waals surface area contributed by atoms with Gasteiger partial charge >= 0.3 is 5.97 Å². The average molecular weight is 342 g/mol. The molecule has 0 aliphatic carbocycles. The summed E-state index contributed by atoms with van der Waals surface area (Å²) in [6.45, 7) is 4.67. The fourth-order valence-corrected chi connectivity index (χ4v) is 2.39. The third kappa shape index (κ3) is 4.44. The number of benzene rings is 1. The van der Waals surface area contributed by atoms with E-state index in [-0.39, 0.29) is 29.5 Å². The van der Waals surface area contributed by atoms with Gasteiger partial charge in [0.15, 0.2) is 5.69 Å². The minimum absolute atomic E-state index is 0. The van der Waals surface area contributed by atoms with Gasteiger partial charge in [0, 0.05) is 6.92 Å². The predicted molar refractivity (Wildman–Crippen MR) is 70.2 cm³/mol. The second-order valence-corrected chi connectivity index (χ2v) is 5.20. The largest absolute Gasteiger partial charge is 1.00 e.